The molecule has 0 radical (unpaired) electrons. The third-order valence-electron chi connectivity index (χ3n) is 6.87. The number of amides is 1. The highest BCUT2D eigenvalue weighted by molar-refractivity contribution is 5.95. The number of carbonyl (C=O) groups excluding carboxylic acids is 1. The number of piperazine rings is 1. The Hall–Kier alpha value is -4.12. The average Bonchev–Trinajstić information content (AvgIpc) is 3.31. The molecule has 2 aromatic carbocycles. The first kappa shape index (κ1) is 27.4. The molecule has 0 unspecified atom stereocenters. The smallest absolute Gasteiger partial charge is 0.410 e. The van der Waals surface area contributed by atoms with Crippen molar-refractivity contribution < 1.29 is 19.0 Å². The number of fused-ring (bicyclic) bond motifs is 2. The van der Waals surface area contributed by atoms with Gasteiger partial charge in [-0.1, -0.05) is 0 Å². The Morgan fingerprint density at radius 3 is 2.52 bits per heavy atom. The summed E-state index contributed by atoms with van der Waals surface area (Å²) in [5.41, 5.74) is 3.90. The summed E-state index contributed by atoms with van der Waals surface area (Å²) in [5.74, 6) is 1.92. The van der Waals surface area contributed by atoms with Gasteiger partial charge in [-0.25, -0.2) is 14.8 Å². The summed E-state index contributed by atoms with van der Waals surface area (Å²) >= 11 is 0. The normalized spacial score (nSPS) is 14.2. The van der Waals surface area contributed by atoms with Crippen LogP contribution in [0, 0.1) is 6.92 Å². The minimum atomic E-state index is -0.506. The monoisotopic (exact) mass is 547 g/mol. The molecular formula is C29H37N7O4. The molecule has 2 aromatic heterocycles. The van der Waals surface area contributed by atoms with E-state index in [1.807, 2.05) is 60.1 Å². The van der Waals surface area contributed by atoms with E-state index in [-0.39, 0.29) is 12.9 Å². The molecule has 1 aliphatic heterocycles. The molecule has 1 N–H and O–H groups in total. The molecule has 1 fully saturated rings. The first-order valence-corrected chi connectivity index (χ1v) is 13.4. The van der Waals surface area contributed by atoms with E-state index in [0.717, 1.165) is 44.4 Å². The first-order valence-electron chi connectivity index (χ1n) is 13.4. The number of rotatable bonds is 6. The molecule has 1 saturated heterocycles. The molecule has 0 bridgehead atoms. The average molecular weight is 548 g/mol. The van der Waals surface area contributed by atoms with E-state index in [4.69, 9.17) is 24.2 Å². The van der Waals surface area contributed by atoms with E-state index in [1.165, 1.54) is 0 Å². The second-order valence-electron chi connectivity index (χ2n) is 11.0. The minimum absolute atomic E-state index is 0.100. The second-order valence-corrected chi connectivity index (χ2v) is 11.0. The van der Waals surface area contributed by atoms with Crippen LogP contribution in [0.4, 0.5) is 16.3 Å². The van der Waals surface area contributed by atoms with E-state index < -0.39 is 5.60 Å². The molecule has 0 saturated carbocycles. The molecule has 0 spiro atoms. The number of nitrogens with one attached hydrogen (secondary N) is 1. The molecular weight excluding hydrogens is 510 g/mol. The molecule has 11 heteroatoms. The van der Waals surface area contributed by atoms with Crippen LogP contribution in [0.15, 0.2) is 30.5 Å². The van der Waals surface area contributed by atoms with E-state index in [9.17, 15) is 4.79 Å². The van der Waals surface area contributed by atoms with Crippen LogP contribution >= 0.6 is 0 Å². The van der Waals surface area contributed by atoms with Crippen molar-refractivity contribution in [3.8, 4) is 17.1 Å². The van der Waals surface area contributed by atoms with Crippen molar-refractivity contribution in [2.75, 3.05) is 57.3 Å². The summed E-state index contributed by atoms with van der Waals surface area (Å²) in [6.07, 6.45) is 1.71. The van der Waals surface area contributed by atoms with E-state index in [2.05, 4.69) is 27.4 Å². The van der Waals surface area contributed by atoms with Crippen LogP contribution < -0.4 is 15.0 Å². The predicted octanol–water partition coefficient (Wildman–Crippen LogP) is 4.57. The van der Waals surface area contributed by atoms with Gasteiger partial charge in [0, 0.05) is 75.6 Å². The van der Waals surface area contributed by atoms with Gasteiger partial charge in [-0.15, -0.1) is 0 Å². The van der Waals surface area contributed by atoms with Crippen molar-refractivity contribution in [3.63, 3.8) is 0 Å². The van der Waals surface area contributed by atoms with Gasteiger partial charge in [0.2, 0.25) is 0 Å². The summed E-state index contributed by atoms with van der Waals surface area (Å²) in [4.78, 5) is 26.4. The number of anilines is 2. The molecule has 4 aromatic rings. The number of benzene rings is 2. The Labute approximate surface area is 234 Å². The SMILES string of the molecule is CNc1nc(-c2cc3cn(C)nc3c(C)c2OCOC)nc2ccc(N3CCN(C(=O)OC(C)(C)C)CC3)cc12. The maximum Gasteiger partial charge on any atom is 0.410 e. The molecule has 11 nitrogen and oxygen atoms in total. The third-order valence-corrected chi connectivity index (χ3v) is 6.87. The largest absolute Gasteiger partial charge is 0.466 e. The van der Waals surface area contributed by atoms with Crippen LogP contribution in [0.2, 0.25) is 0 Å². The third kappa shape index (κ3) is 5.46. The van der Waals surface area contributed by atoms with Gasteiger partial charge in [0.05, 0.1) is 16.6 Å². The summed E-state index contributed by atoms with van der Waals surface area (Å²) < 4.78 is 18.5. The van der Waals surface area contributed by atoms with Crippen LogP contribution in [0.5, 0.6) is 5.75 Å². The number of hydrogen-bond acceptors (Lipinski definition) is 9. The van der Waals surface area contributed by atoms with Gasteiger partial charge in [-0.05, 0) is 52.0 Å². The van der Waals surface area contributed by atoms with Crippen LogP contribution in [0.3, 0.4) is 0 Å². The predicted molar refractivity (Wildman–Crippen MR) is 156 cm³/mol. The lowest BCUT2D eigenvalue weighted by Crippen LogP contribution is -2.50. The number of ether oxygens (including phenoxy) is 3. The van der Waals surface area contributed by atoms with Crippen LogP contribution in [0.25, 0.3) is 33.2 Å². The summed E-state index contributed by atoms with van der Waals surface area (Å²) in [5, 5.41) is 9.74. The fourth-order valence-electron chi connectivity index (χ4n) is 5.00. The van der Waals surface area contributed by atoms with Crippen molar-refractivity contribution in [1.29, 1.82) is 0 Å². The second kappa shape index (κ2) is 10.8. The standard InChI is InChI=1S/C29H37N7O4/c1-18-24-19(16-34(6)33-24)14-22(25(18)39-17-38-7)27-31-23-9-8-20(15-21(23)26(30-5)32-27)35-10-12-36(13-11-35)28(37)40-29(2,3)4/h8-9,14-16H,10-13,17H2,1-7H3,(H,30,31,32). The molecule has 0 atom stereocenters. The molecule has 1 aliphatic rings. The topological polar surface area (TPSA) is 107 Å². The van der Waals surface area contributed by atoms with Gasteiger partial charge >= 0.3 is 6.09 Å². The Morgan fingerprint density at radius 1 is 1.10 bits per heavy atom. The quantitative estimate of drug-likeness (QED) is 0.347. The van der Waals surface area contributed by atoms with Crippen molar-refractivity contribution in [2.45, 2.75) is 33.3 Å². The zero-order chi connectivity index (χ0) is 28.6. The Morgan fingerprint density at radius 2 is 1.85 bits per heavy atom. The first-order chi connectivity index (χ1) is 19.1. The number of carbonyl (C=O) groups is 1. The van der Waals surface area contributed by atoms with Gasteiger partial charge in [0.1, 0.15) is 17.2 Å². The van der Waals surface area contributed by atoms with Crippen molar-refractivity contribution in [3.05, 3.63) is 36.0 Å². The lowest BCUT2D eigenvalue weighted by atomic mass is 10.0. The van der Waals surface area contributed by atoms with Gasteiger partial charge in [0.15, 0.2) is 12.6 Å². The van der Waals surface area contributed by atoms with Crippen LogP contribution in [-0.2, 0) is 16.5 Å². The number of hydrogen-bond donors (Lipinski definition) is 1. The van der Waals surface area contributed by atoms with E-state index >= 15 is 0 Å². The van der Waals surface area contributed by atoms with Gasteiger partial charge in [-0.2, -0.15) is 5.10 Å². The summed E-state index contributed by atoms with van der Waals surface area (Å²) in [6.45, 7) is 10.4. The summed E-state index contributed by atoms with van der Waals surface area (Å²) in [7, 11) is 5.35. The molecule has 1 amide bonds. The minimum Gasteiger partial charge on any atom is -0.466 e. The fourth-order valence-corrected chi connectivity index (χ4v) is 5.00. The Balaban J connectivity index is 1.47. The maximum atomic E-state index is 12.5. The van der Waals surface area contributed by atoms with Crippen LogP contribution in [0.1, 0.15) is 26.3 Å². The number of aromatic nitrogens is 4. The molecule has 5 rings (SSSR count). The van der Waals surface area contributed by atoms with Crippen molar-refractivity contribution in [1.82, 2.24) is 24.6 Å². The molecule has 212 valence electrons. The molecule has 40 heavy (non-hydrogen) atoms. The number of nitrogens with zero attached hydrogens (tertiary/aromatic N) is 6. The zero-order valence-electron chi connectivity index (χ0n) is 24.2. The van der Waals surface area contributed by atoms with Crippen molar-refractivity contribution >= 4 is 39.4 Å². The zero-order valence-corrected chi connectivity index (χ0v) is 24.2. The molecule has 0 aliphatic carbocycles. The van der Waals surface area contributed by atoms with Gasteiger partial charge in [-0.3, -0.25) is 4.68 Å². The lowest BCUT2D eigenvalue weighted by molar-refractivity contribution is 0.0240. The van der Waals surface area contributed by atoms with E-state index in [1.54, 1.807) is 16.7 Å². The Bertz CT molecular complexity index is 1550. The number of methoxy groups -OCH3 is 1. The molecule has 3 heterocycles. The van der Waals surface area contributed by atoms with Crippen molar-refractivity contribution in [2.24, 2.45) is 7.05 Å². The van der Waals surface area contributed by atoms with Gasteiger partial charge in [0.25, 0.3) is 0 Å². The van der Waals surface area contributed by atoms with E-state index in [0.29, 0.717) is 37.8 Å². The summed E-state index contributed by atoms with van der Waals surface area (Å²) in [6, 6.07) is 8.20. The lowest BCUT2D eigenvalue weighted by Gasteiger charge is -2.36. The fraction of sp³-hybridized carbons (Fsp3) is 0.448. The van der Waals surface area contributed by atoms with Gasteiger partial charge < -0.3 is 29.3 Å². The number of aryl methyl sites for hydroxylation is 2. The highest BCUT2D eigenvalue weighted by atomic mass is 16.7. The van der Waals surface area contributed by atoms with Crippen LogP contribution in [-0.4, -0.2) is 83.5 Å². The maximum absolute atomic E-state index is 12.5. The highest BCUT2D eigenvalue weighted by Crippen LogP contribution is 2.38. The Kier molecular flexibility index (Phi) is 7.41. The highest BCUT2D eigenvalue weighted by Gasteiger charge is 2.26.